The molecule has 4 aliphatic carbocycles. The third-order valence-corrected chi connectivity index (χ3v) is 10.6. The van der Waals surface area contributed by atoms with Crippen molar-refractivity contribution in [3.8, 4) is 0 Å². The van der Waals surface area contributed by atoms with E-state index >= 15 is 4.39 Å². The van der Waals surface area contributed by atoms with Gasteiger partial charge in [0, 0.05) is 23.7 Å². The van der Waals surface area contributed by atoms with Crippen molar-refractivity contribution >= 4 is 29.6 Å². The maximum atomic E-state index is 17.2. The number of esters is 1. The number of Topliss-reactive ketones (excluding diaryl/α,β-unsaturated/α-hetero) is 1. The lowest BCUT2D eigenvalue weighted by atomic mass is 9.45. The third-order valence-electron chi connectivity index (χ3n) is 10.6. The number of halogens is 1. The number of hydrogen-bond donors (Lipinski definition) is 5. The summed E-state index contributed by atoms with van der Waals surface area (Å²) in [5, 5.41) is 39.4. The molecule has 8 atom stereocenters. The van der Waals surface area contributed by atoms with E-state index < -0.39 is 82.9 Å². The van der Waals surface area contributed by atoms with E-state index in [1.54, 1.807) is 13.0 Å². The molecule has 14 nitrogen and oxygen atoms in total. The lowest BCUT2D eigenvalue weighted by molar-refractivity contribution is -0.492. The van der Waals surface area contributed by atoms with E-state index in [9.17, 15) is 34.2 Å². The van der Waals surface area contributed by atoms with Gasteiger partial charge in [-0.1, -0.05) is 25.0 Å². The van der Waals surface area contributed by atoms with Gasteiger partial charge in [0.25, 0.3) is 0 Å². The first-order valence-corrected chi connectivity index (χ1v) is 15.6. The Bertz CT molecular complexity index is 1270. The minimum atomic E-state index is -2.01. The fraction of sp³-hybridized carbons (Fsp3) is 0.710. The van der Waals surface area contributed by atoms with E-state index in [2.05, 4.69) is 10.2 Å². The molecule has 256 valence electrons. The highest BCUT2D eigenvalue weighted by atomic mass is 19.1. The number of carbonyl (C=O) groups is 5. The largest absolute Gasteiger partial charge is 0.480 e. The molecule has 0 heterocycles. The molecule has 0 aromatic heterocycles. The van der Waals surface area contributed by atoms with Gasteiger partial charge in [0.2, 0.25) is 0 Å². The van der Waals surface area contributed by atoms with Gasteiger partial charge in [-0.3, -0.25) is 29.6 Å². The molecule has 1 amide bonds. The van der Waals surface area contributed by atoms with Gasteiger partial charge in [-0.25, -0.2) is 14.0 Å². The van der Waals surface area contributed by atoms with Crippen molar-refractivity contribution in [2.24, 2.45) is 28.6 Å². The number of hydrogen-bond acceptors (Lipinski definition) is 12. The topological polar surface area (TPSA) is 209 Å². The van der Waals surface area contributed by atoms with Crippen LogP contribution in [0.4, 0.5) is 9.18 Å². The molecule has 0 aliphatic heterocycles. The van der Waals surface area contributed by atoms with Crippen molar-refractivity contribution in [3.05, 3.63) is 23.8 Å². The number of fused-ring (bicyclic) bond motifs is 5. The molecule has 0 spiro atoms. The average Bonchev–Trinajstić information content (AvgIpc) is 3.32. The Morgan fingerprint density at radius 2 is 1.83 bits per heavy atom. The predicted molar refractivity (Wildman–Crippen MR) is 154 cm³/mol. The summed E-state index contributed by atoms with van der Waals surface area (Å²) in [6.45, 7) is 2.27. The number of unbranched alkanes of at least 4 members (excludes halogenated alkanes) is 2. The number of rotatable bonds is 14. The zero-order chi connectivity index (χ0) is 33.9. The number of ether oxygens (including phenoxy) is 2. The summed E-state index contributed by atoms with van der Waals surface area (Å²) in [6.07, 6.45) is 4.97. The molecule has 0 aromatic carbocycles. The molecule has 4 rings (SSSR count). The van der Waals surface area contributed by atoms with Gasteiger partial charge >= 0.3 is 18.0 Å². The fourth-order valence-corrected chi connectivity index (χ4v) is 8.28. The van der Waals surface area contributed by atoms with Crippen LogP contribution in [0.2, 0.25) is 0 Å². The first kappa shape index (κ1) is 35.6. The molecule has 3 saturated carbocycles. The second-order valence-electron chi connectivity index (χ2n) is 13.1. The molecule has 15 heteroatoms. The van der Waals surface area contributed by atoms with E-state index in [-0.39, 0.29) is 31.1 Å². The highest BCUT2D eigenvalue weighted by Gasteiger charge is 2.70. The molecular formula is C31H43FN2O12. The van der Waals surface area contributed by atoms with Crippen LogP contribution in [0, 0.1) is 28.6 Å². The van der Waals surface area contributed by atoms with E-state index in [4.69, 9.17) is 19.9 Å². The number of aliphatic hydroxyl groups excluding tert-OH is 1. The number of nitrogens with zero attached hydrogens (tertiary/aromatic N) is 1. The number of ketones is 2. The minimum Gasteiger partial charge on any atom is -0.480 e. The smallest absolute Gasteiger partial charge is 0.408 e. The van der Waals surface area contributed by atoms with Crippen LogP contribution in [0.5, 0.6) is 0 Å². The standard InChI is InChI=1S/C31H43FN2O12/c1-29-15-25(37)31(32)21(8-7-18-14-19(35)11-12-30(18,31)2)20(29)9-10-22(29)24(36)17-45-28(41)33-23(27(39)40)16-44-26(38)6-4-3-5-13-46-34(42)43/h11-12,14,20-23,25,37,42-43H,3-10,13,15-17H2,1-2H3,(H,33,41)(H,39,40)/t20?,21-,22?,23?,25-,29-,30-,31?/m0/s1. The number of carboxylic acid groups (broad SMARTS) is 1. The van der Waals surface area contributed by atoms with Crippen LogP contribution in [0.1, 0.15) is 71.6 Å². The number of aliphatic carboxylic acids is 1. The average molecular weight is 655 g/mol. The molecule has 0 saturated heterocycles. The number of aliphatic hydroxyl groups is 1. The van der Waals surface area contributed by atoms with Crippen molar-refractivity contribution < 1.29 is 63.3 Å². The predicted octanol–water partition coefficient (Wildman–Crippen LogP) is 2.84. The summed E-state index contributed by atoms with van der Waals surface area (Å²) in [4.78, 5) is 65.7. The number of carboxylic acids is 1. The number of carbonyl (C=O) groups excluding carboxylic acids is 4. The number of alkyl halides is 1. The number of allylic oxidation sites excluding steroid dienone is 4. The third kappa shape index (κ3) is 7.03. The van der Waals surface area contributed by atoms with E-state index in [0.29, 0.717) is 50.5 Å². The zero-order valence-corrected chi connectivity index (χ0v) is 26.0. The monoisotopic (exact) mass is 654 g/mol. The van der Waals surface area contributed by atoms with Gasteiger partial charge < -0.3 is 25.0 Å². The lowest BCUT2D eigenvalue weighted by Gasteiger charge is -2.62. The Kier molecular flexibility index (Phi) is 11.0. The molecule has 0 bridgehead atoms. The van der Waals surface area contributed by atoms with Crippen molar-refractivity contribution in [2.45, 2.75) is 89.4 Å². The van der Waals surface area contributed by atoms with Gasteiger partial charge in [-0.05, 0) is 75.4 Å². The first-order valence-electron chi connectivity index (χ1n) is 15.6. The SMILES string of the molecule is C[C@]12C[C@H](O)C3(F)[C@@H](CCC4=CC(=O)C=C[C@@]43C)C1CCC2C(=O)COC(=O)NC(COC(=O)CCCCCON(O)O)C(=O)O. The fourth-order valence-electron chi connectivity index (χ4n) is 8.28. The van der Waals surface area contributed by atoms with Crippen LogP contribution >= 0.6 is 0 Å². The van der Waals surface area contributed by atoms with Crippen LogP contribution in [0.25, 0.3) is 0 Å². The second kappa shape index (κ2) is 14.3. The van der Waals surface area contributed by atoms with Crippen molar-refractivity contribution in [3.63, 3.8) is 0 Å². The lowest BCUT2D eigenvalue weighted by Crippen LogP contribution is -2.66. The van der Waals surface area contributed by atoms with Crippen LogP contribution in [0.15, 0.2) is 23.8 Å². The molecule has 4 unspecified atom stereocenters. The molecule has 5 N–H and O–H groups in total. The number of alkyl carbamates (subject to hydrolysis) is 1. The number of amides is 1. The first-order chi connectivity index (χ1) is 21.6. The quantitative estimate of drug-likeness (QED) is 0.104. The zero-order valence-electron chi connectivity index (χ0n) is 26.0. The van der Waals surface area contributed by atoms with Gasteiger partial charge in [-0.2, -0.15) is 0 Å². The maximum absolute atomic E-state index is 17.2. The minimum absolute atomic E-state index is 0.0129. The maximum Gasteiger partial charge on any atom is 0.408 e. The normalized spacial score (nSPS) is 33.7. The Labute approximate surface area is 265 Å². The highest BCUT2D eigenvalue weighted by molar-refractivity contribution is 6.01. The molecule has 3 fully saturated rings. The van der Waals surface area contributed by atoms with Crippen molar-refractivity contribution in [1.82, 2.24) is 10.7 Å². The Morgan fingerprint density at radius 1 is 1.09 bits per heavy atom. The van der Waals surface area contributed by atoms with E-state index in [1.807, 2.05) is 6.92 Å². The Morgan fingerprint density at radius 3 is 2.52 bits per heavy atom. The summed E-state index contributed by atoms with van der Waals surface area (Å²) in [5.41, 5.74) is -3.24. The van der Waals surface area contributed by atoms with Gasteiger partial charge in [0.1, 0.15) is 6.61 Å². The summed E-state index contributed by atoms with van der Waals surface area (Å²) in [6, 6.07) is -1.63. The molecule has 0 radical (unpaired) electrons. The molecular weight excluding hydrogens is 611 g/mol. The van der Waals surface area contributed by atoms with Crippen LogP contribution < -0.4 is 5.32 Å². The highest BCUT2D eigenvalue weighted by Crippen LogP contribution is 2.68. The number of nitrogens with one attached hydrogen (secondary N) is 1. The summed E-state index contributed by atoms with van der Waals surface area (Å²) in [5.74, 6) is -4.20. The van der Waals surface area contributed by atoms with Gasteiger partial charge in [0.15, 0.2) is 29.9 Å². The van der Waals surface area contributed by atoms with E-state index in [1.165, 1.54) is 12.2 Å². The van der Waals surface area contributed by atoms with Crippen molar-refractivity contribution in [2.75, 3.05) is 19.8 Å². The summed E-state index contributed by atoms with van der Waals surface area (Å²) in [7, 11) is 0. The van der Waals surface area contributed by atoms with Crippen LogP contribution in [-0.4, -0.2) is 93.3 Å². The molecule has 0 aromatic rings. The van der Waals surface area contributed by atoms with Crippen LogP contribution in [0.3, 0.4) is 0 Å². The van der Waals surface area contributed by atoms with E-state index in [0.717, 1.165) is 0 Å². The Hall–Kier alpha value is -3.24. The molecule has 4 aliphatic rings. The second-order valence-corrected chi connectivity index (χ2v) is 13.1. The summed E-state index contributed by atoms with van der Waals surface area (Å²) < 4.78 is 27.2. The Balaban J connectivity index is 1.28. The van der Waals surface area contributed by atoms with Crippen molar-refractivity contribution in [1.29, 1.82) is 0 Å². The van der Waals surface area contributed by atoms with Crippen LogP contribution in [-0.2, 0) is 33.5 Å². The molecule has 46 heavy (non-hydrogen) atoms. The van der Waals surface area contributed by atoms with Gasteiger partial charge in [-0.15, -0.1) is 0 Å². The van der Waals surface area contributed by atoms with Gasteiger partial charge in [0.05, 0.1) is 18.1 Å². The summed E-state index contributed by atoms with van der Waals surface area (Å²) >= 11 is 0.